The Bertz CT molecular complexity index is 948. The van der Waals surface area contributed by atoms with Gasteiger partial charge in [0.25, 0.3) is 0 Å². The van der Waals surface area contributed by atoms with Gasteiger partial charge in [0.15, 0.2) is 0 Å². The summed E-state index contributed by atoms with van der Waals surface area (Å²) in [7, 11) is 0. The quantitative estimate of drug-likeness (QED) is 0.252. The number of amides is 1. The zero-order valence-corrected chi connectivity index (χ0v) is 22.8. The minimum Gasteiger partial charge on any atom is -0.480 e. The maximum Gasteiger partial charge on any atom is 0.335 e. The van der Waals surface area contributed by atoms with Gasteiger partial charge in [-0.25, -0.2) is 4.79 Å². The van der Waals surface area contributed by atoms with Gasteiger partial charge in [0.2, 0.25) is 5.91 Å². The molecular formula is C29H44N4O6. The Balaban J connectivity index is 0.000000511. The molecule has 0 unspecified atom stereocenters. The molecule has 9 N–H and O–H groups in total. The highest BCUT2D eigenvalue weighted by molar-refractivity contribution is 5.91. The van der Waals surface area contributed by atoms with Gasteiger partial charge in [-0.1, -0.05) is 44.4 Å². The summed E-state index contributed by atoms with van der Waals surface area (Å²) in [5.74, 6) is -1.83. The molecule has 1 atom stereocenters. The van der Waals surface area contributed by atoms with Crippen molar-refractivity contribution in [1.82, 2.24) is 0 Å². The molecular weight excluding hydrogens is 500 g/mol. The Hall–Kier alpha value is -3.60. The molecule has 1 amide bonds. The van der Waals surface area contributed by atoms with Crippen LogP contribution in [-0.2, 0) is 9.59 Å². The number of hydrogen-bond acceptors (Lipinski definition) is 7. The number of aromatic carboxylic acids is 1. The van der Waals surface area contributed by atoms with Crippen LogP contribution < -0.4 is 22.5 Å². The van der Waals surface area contributed by atoms with Crippen LogP contribution in [0.5, 0.6) is 0 Å². The first-order valence-electron chi connectivity index (χ1n) is 13.2. The summed E-state index contributed by atoms with van der Waals surface area (Å²) in [6.07, 6.45) is 9.93. The molecule has 1 aliphatic carbocycles. The molecule has 1 fully saturated rings. The lowest BCUT2D eigenvalue weighted by atomic mass is 9.97. The fraction of sp³-hybridized carbons (Fsp3) is 0.448. The van der Waals surface area contributed by atoms with Gasteiger partial charge in [-0.15, -0.1) is 0 Å². The van der Waals surface area contributed by atoms with E-state index in [1.54, 1.807) is 54.6 Å². The molecule has 0 aromatic heterocycles. The third kappa shape index (κ3) is 19.2. The van der Waals surface area contributed by atoms with Crippen LogP contribution in [0.25, 0.3) is 0 Å². The second-order valence-corrected chi connectivity index (χ2v) is 8.98. The Labute approximate surface area is 231 Å². The number of aliphatic carboxylic acids is 1. The molecule has 39 heavy (non-hydrogen) atoms. The van der Waals surface area contributed by atoms with Crippen LogP contribution in [0.4, 0.5) is 5.69 Å². The van der Waals surface area contributed by atoms with E-state index in [1.165, 1.54) is 32.1 Å². The number of carboxylic acids is 2. The molecule has 3 rings (SSSR count). The second kappa shape index (κ2) is 22.4. The average Bonchev–Trinajstić information content (AvgIpc) is 2.94. The second-order valence-electron chi connectivity index (χ2n) is 8.98. The number of carbonyl (C=O) groups is 4. The molecule has 2 aromatic rings. The Morgan fingerprint density at radius 1 is 1.00 bits per heavy atom. The van der Waals surface area contributed by atoms with E-state index in [1.807, 2.05) is 6.92 Å². The number of aldehydes is 1. The highest BCUT2D eigenvalue weighted by Gasteiger charge is 2.09. The van der Waals surface area contributed by atoms with Gasteiger partial charge in [-0.2, -0.15) is 0 Å². The Morgan fingerprint density at radius 3 is 1.97 bits per heavy atom. The highest BCUT2D eigenvalue weighted by atomic mass is 16.4. The number of hydrogen-bond donors (Lipinski definition) is 6. The van der Waals surface area contributed by atoms with Crippen LogP contribution in [0.15, 0.2) is 54.6 Å². The third-order valence-electron chi connectivity index (χ3n) is 5.51. The number of carboxylic acid groups (broad SMARTS) is 2. The fourth-order valence-corrected chi connectivity index (χ4v) is 3.27. The van der Waals surface area contributed by atoms with E-state index < -0.39 is 18.0 Å². The monoisotopic (exact) mass is 544 g/mol. The van der Waals surface area contributed by atoms with E-state index in [0.29, 0.717) is 43.0 Å². The van der Waals surface area contributed by atoms with Crippen LogP contribution in [0.3, 0.4) is 0 Å². The molecule has 0 heterocycles. The number of rotatable bonds is 9. The molecule has 0 radical (unpaired) electrons. The van der Waals surface area contributed by atoms with E-state index in [2.05, 4.69) is 5.32 Å². The zero-order chi connectivity index (χ0) is 29.5. The third-order valence-corrected chi connectivity index (χ3v) is 5.51. The largest absolute Gasteiger partial charge is 0.480 e. The first-order valence-corrected chi connectivity index (χ1v) is 13.2. The van der Waals surface area contributed by atoms with E-state index in [9.17, 15) is 19.2 Å². The zero-order valence-electron chi connectivity index (χ0n) is 22.8. The molecule has 0 spiro atoms. The molecule has 1 aliphatic rings. The smallest absolute Gasteiger partial charge is 0.335 e. The van der Waals surface area contributed by atoms with Gasteiger partial charge in [0.1, 0.15) is 12.3 Å². The van der Waals surface area contributed by atoms with Crippen molar-refractivity contribution >= 4 is 29.8 Å². The molecule has 216 valence electrons. The molecule has 0 bridgehead atoms. The molecule has 10 nitrogen and oxygen atoms in total. The van der Waals surface area contributed by atoms with Crippen molar-refractivity contribution in [1.29, 1.82) is 0 Å². The maximum atomic E-state index is 11.2. The number of nitrogens with two attached hydrogens (primary N) is 3. The predicted molar refractivity (Wildman–Crippen MR) is 154 cm³/mol. The van der Waals surface area contributed by atoms with E-state index in [0.717, 1.165) is 18.4 Å². The van der Waals surface area contributed by atoms with Crippen LogP contribution in [-0.4, -0.2) is 53.0 Å². The molecule has 0 saturated heterocycles. The van der Waals surface area contributed by atoms with E-state index in [4.69, 9.17) is 27.4 Å². The predicted octanol–water partition coefficient (Wildman–Crippen LogP) is 4.04. The summed E-state index contributed by atoms with van der Waals surface area (Å²) in [4.78, 5) is 41.8. The van der Waals surface area contributed by atoms with Gasteiger partial charge in [0.05, 0.1) is 5.56 Å². The lowest BCUT2D eigenvalue weighted by Crippen LogP contribution is -2.30. The van der Waals surface area contributed by atoms with Crippen molar-refractivity contribution in [2.24, 2.45) is 17.2 Å². The fourth-order valence-electron chi connectivity index (χ4n) is 3.27. The number of carbonyl (C=O) groups excluding carboxylic acids is 2. The van der Waals surface area contributed by atoms with E-state index >= 15 is 0 Å². The van der Waals surface area contributed by atoms with Crippen molar-refractivity contribution in [3.8, 4) is 0 Å². The van der Waals surface area contributed by atoms with Crippen LogP contribution in [0, 0.1) is 0 Å². The molecule has 2 aromatic carbocycles. The summed E-state index contributed by atoms with van der Waals surface area (Å²) >= 11 is 0. The summed E-state index contributed by atoms with van der Waals surface area (Å²) in [6, 6.07) is 14.9. The van der Waals surface area contributed by atoms with Crippen LogP contribution in [0.1, 0.15) is 85.4 Å². The first-order chi connectivity index (χ1) is 18.6. The van der Waals surface area contributed by atoms with Crippen molar-refractivity contribution in [3.05, 3.63) is 65.7 Å². The molecule has 0 aliphatic heterocycles. The summed E-state index contributed by atoms with van der Waals surface area (Å²) in [5, 5.41) is 19.4. The lowest BCUT2D eigenvalue weighted by Gasteiger charge is -2.15. The van der Waals surface area contributed by atoms with Gasteiger partial charge < -0.3 is 32.7 Å². The minimum atomic E-state index is -0.955. The number of nitrogens with one attached hydrogen (secondary N) is 1. The Morgan fingerprint density at radius 2 is 1.59 bits per heavy atom. The number of anilines is 1. The van der Waals surface area contributed by atoms with Crippen molar-refractivity contribution in [3.63, 3.8) is 0 Å². The lowest BCUT2D eigenvalue weighted by molar-refractivity contribution is -0.138. The van der Waals surface area contributed by atoms with Gasteiger partial charge in [0, 0.05) is 23.7 Å². The normalized spacial score (nSPS) is 13.0. The molecule has 1 saturated carbocycles. The SMILES string of the molecule is CCCC(=O)Nc1ccc(C=O)cc1.NC1CCCCC1.NCCC[C@H](N)C(=O)O.O=C(O)c1ccccc1. The van der Waals surface area contributed by atoms with Crippen molar-refractivity contribution in [2.75, 3.05) is 11.9 Å². The van der Waals surface area contributed by atoms with Gasteiger partial charge >= 0.3 is 11.9 Å². The minimum absolute atomic E-state index is 0.00588. The van der Waals surface area contributed by atoms with Crippen molar-refractivity contribution in [2.45, 2.75) is 76.8 Å². The summed E-state index contributed by atoms with van der Waals surface area (Å²) in [5.41, 5.74) is 17.6. The van der Waals surface area contributed by atoms with E-state index in [-0.39, 0.29) is 5.91 Å². The maximum absolute atomic E-state index is 11.2. The van der Waals surface area contributed by atoms with Crippen LogP contribution >= 0.6 is 0 Å². The highest BCUT2D eigenvalue weighted by Crippen LogP contribution is 2.14. The Kier molecular flexibility index (Phi) is 20.3. The standard InChI is InChI=1S/C11H13NO2.C7H6O2.C6H13N.C5H12N2O2/c1-2-3-11(14)12-10-6-4-9(8-13)5-7-10;8-7(9)6-4-2-1-3-5-6;7-6-4-2-1-3-5-6;6-3-1-2-4(7)5(8)9/h4-8H,2-3H2,1H3,(H,12,14);1-5H,(H,8,9);6H,1-5,7H2;4H,1-3,6-7H2,(H,8,9)/t;;;4-/m...0/s1. The van der Waals surface area contributed by atoms with Gasteiger partial charge in [-0.05, 0) is 75.0 Å². The number of benzene rings is 2. The van der Waals surface area contributed by atoms with Gasteiger partial charge in [-0.3, -0.25) is 14.4 Å². The summed E-state index contributed by atoms with van der Waals surface area (Å²) < 4.78 is 0. The average molecular weight is 545 g/mol. The first kappa shape index (κ1) is 35.4. The topological polar surface area (TPSA) is 199 Å². The van der Waals surface area contributed by atoms with Crippen LogP contribution in [0.2, 0.25) is 0 Å². The van der Waals surface area contributed by atoms with Crippen molar-refractivity contribution < 1.29 is 29.4 Å². The molecule has 10 heteroatoms. The summed E-state index contributed by atoms with van der Waals surface area (Å²) in [6.45, 7) is 2.45.